The van der Waals surface area contributed by atoms with Crippen LogP contribution in [0.5, 0.6) is 0 Å². The predicted molar refractivity (Wildman–Crippen MR) is 66.8 cm³/mol. The van der Waals surface area contributed by atoms with Gasteiger partial charge in [0.2, 0.25) is 0 Å². The van der Waals surface area contributed by atoms with Gasteiger partial charge in [-0.05, 0) is 19.1 Å². The predicted octanol–water partition coefficient (Wildman–Crippen LogP) is 0.686. The zero-order chi connectivity index (χ0) is 12.9. The van der Waals surface area contributed by atoms with E-state index >= 15 is 0 Å². The Morgan fingerprint density at radius 3 is 2.59 bits per heavy atom. The molecule has 0 spiro atoms. The molecule has 1 heterocycles. The molecule has 1 aromatic rings. The zero-order valence-corrected chi connectivity index (χ0v) is 11.6. The monoisotopic (exact) mass is 279 g/mol. The first-order valence-corrected chi connectivity index (χ1v) is 7.44. The number of aliphatic hydroxyl groups excluding tert-OH is 1. The summed E-state index contributed by atoms with van der Waals surface area (Å²) in [6, 6.07) is 3.36. The lowest BCUT2D eigenvalue weighted by Crippen LogP contribution is -2.35. The minimum atomic E-state index is -3.50. The van der Waals surface area contributed by atoms with Crippen molar-refractivity contribution in [3.63, 3.8) is 0 Å². The molecule has 7 heteroatoms. The van der Waals surface area contributed by atoms with Crippen LogP contribution in [0.2, 0.25) is 0 Å². The van der Waals surface area contributed by atoms with Crippen LogP contribution in [0.25, 0.3) is 0 Å². The smallest absolute Gasteiger partial charge is 0.252 e. The third-order valence-corrected chi connectivity index (χ3v) is 5.57. The molecule has 1 rings (SSSR count). The van der Waals surface area contributed by atoms with Gasteiger partial charge in [-0.25, -0.2) is 8.42 Å². The number of hydrogen-bond acceptors (Lipinski definition) is 5. The van der Waals surface area contributed by atoms with E-state index in [-0.39, 0.29) is 19.7 Å². The molecule has 0 unspecified atom stereocenters. The minimum Gasteiger partial charge on any atom is -0.395 e. The number of rotatable bonds is 7. The van der Waals surface area contributed by atoms with Gasteiger partial charge >= 0.3 is 0 Å². The van der Waals surface area contributed by atoms with Crippen molar-refractivity contribution >= 4 is 21.4 Å². The first-order chi connectivity index (χ1) is 8.02. The van der Waals surface area contributed by atoms with Gasteiger partial charge in [-0.1, -0.05) is 0 Å². The van der Waals surface area contributed by atoms with Crippen LogP contribution in [0.1, 0.15) is 4.88 Å². The molecule has 1 aromatic heterocycles. The Morgan fingerprint density at radius 2 is 2.12 bits per heavy atom. The summed E-state index contributed by atoms with van der Waals surface area (Å²) in [7, 11) is -1.99. The van der Waals surface area contributed by atoms with Crippen LogP contribution in [-0.2, 0) is 14.8 Å². The van der Waals surface area contributed by atoms with E-state index in [1.807, 2.05) is 6.92 Å². The Morgan fingerprint density at radius 1 is 1.41 bits per heavy atom. The maximum absolute atomic E-state index is 12.2. The lowest BCUT2D eigenvalue weighted by molar-refractivity contribution is 0.169. The molecule has 98 valence electrons. The number of thiophene rings is 1. The Hall–Kier alpha value is -0.470. The molecule has 17 heavy (non-hydrogen) atoms. The quantitative estimate of drug-likeness (QED) is 0.797. The van der Waals surface area contributed by atoms with Gasteiger partial charge in [0.15, 0.2) is 0 Å². The van der Waals surface area contributed by atoms with E-state index in [4.69, 9.17) is 9.84 Å². The van der Waals surface area contributed by atoms with E-state index in [2.05, 4.69) is 0 Å². The summed E-state index contributed by atoms with van der Waals surface area (Å²) in [4.78, 5) is 0.944. The average Bonchev–Trinajstić information content (AvgIpc) is 2.71. The Labute approximate surface area is 106 Å². The Kier molecular flexibility index (Phi) is 5.54. The van der Waals surface area contributed by atoms with Crippen LogP contribution in [0.3, 0.4) is 0 Å². The van der Waals surface area contributed by atoms with Crippen LogP contribution in [-0.4, -0.2) is 51.2 Å². The Bertz CT molecular complexity index is 441. The fourth-order valence-corrected chi connectivity index (χ4v) is 4.19. The molecule has 0 radical (unpaired) electrons. The molecule has 0 atom stereocenters. The molecule has 0 saturated heterocycles. The van der Waals surface area contributed by atoms with E-state index in [1.165, 1.54) is 22.8 Å². The van der Waals surface area contributed by atoms with E-state index in [0.717, 1.165) is 4.88 Å². The number of aliphatic hydroxyl groups is 1. The van der Waals surface area contributed by atoms with Crippen molar-refractivity contribution in [2.45, 2.75) is 11.1 Å². The summed E-state index contributed by atoms with van der Waals surface area (Å²) >= 11 is 1.23. The highest BCUT2D eigenvalue weighted by Crippen LogP contribution is 2.23. The molecule has 0 saturated carbocycles. The van der Waals surface area contributed by atoms with Gasteiger partial charge < -0.3 is 9.84 Å². The van der Waals surface area contributed by atoms with Crippen molar-refractivity contribution in [3.05, 3.63) is 17.0 Å². The molecule has 0 aromatic carbocycles. The number of methoxy groups -OCH3 is 1. The maximum atomic E-state index is 12.2. The highest BCUT2D eigenvalue weighted by atomic mass is 32.2. The topological polar surface area (TPSA) is 66.8 Å². The second-order valence-corrected chi connectivity index (χ2v) is 6.94. The number of sulfonamides is 1. The van der Waals surface area contributed by atoms with Gasteiger partial charge in [0.1, 0.15) is 4.21 Å². The SMILES string of the molecule is COCCN(CCO)S(=O)(=O)c1ccc(C)s1. The molecule has 0 fully saturated rings. The summed E-state index contributed by atoms with van der Waals surface area (Å²) in [6.45, 7) is 2.30. The van der Waals surface area contributed by atoms with Crippen molar-refractivity contribution in [3.8, 4) is 0 Å². The van der Waals surface area contributed by atoms with Crippen molar-refractivity contribution < 1.29 is 18.3 Å². The van der Waals surface area contributed by atoms with Crippen molar-refractivity contribution in [1.82, 2.24) is 4.31 Å². The molecule has 5 nitrogen and oxygen atoms in total. The van der Waals surface area contributed by atoms with Gasteiger partial charge in [-0.3, -0.25) is 0 Å². The van der Waals surface area contributed by atoms with Crippen LogP contribution >= 0.6 is 11.3 Å². The normalized spacial score (nSPS) is 12.2. The highest BCUT2D eigenvalue weighted by Gasteiger charge is 2.24. The third kappa shape index (κ3) is 3.75. The summed E-state index contributed by atoms with van der Waals surface area (Å²) in [6.07, 6.45) is 0. The second kappa shape index (κ2) is 6.46. The van der Waals surface area contributed by atoms with E-state index in [1.54, 1.807) is 12.1 Å². The van der Waals surface area contributed by atoms with E-state index < -0.39 is 10.0 Å². The summed E-state index contributed by atoms with van der Waals surface area (Å²) in [5.74, 6) is 0. The Balaban J connectivity index is 2.91. The maximum Gasteiger partial charge on any atom is 0.252 e. The second-order valence-electron chi connectivity index (χ2n) is 3.49. The van der Waals surface area contributed by atoms with Gasteiger partial charge in [0.05, 0.1) is 13.2 Å². The molecule has 0 aliphatic carbocycles. The number of hydrogen-bond donors (Lipinski definition) is 1. The fraction of sp³-hybridized carbons (Fsp3) is 0.600. The summed E-state index contributed by atoms with van der Waals surface area (Å²) in [5.41, 5.74) is 0. The molecule has 0 aliphatic heterocycles. The van der Waals surface area contributed by atoms with Crippen LogP contribution < -0.4 is 0 Å². The van der Waals surface area contributed by atoms with E-state index in [0.29, 0.717) is 10.8 Å². The van der Waals surface area contributed by atoms with Crippen molar-refractivity contribution in [1.29, 1.82) is 0 Å². The standard InChI is InChI=1S/C10H17NO4S2/c1-9-3-4-10(16-9)17(13,14)11(5-7-12)6-8-15-2/h3-4,12H,5-8H2,1-2H3. The largest absolute Gasteiger partial charge is 0.395 e. The molecule has 1 N–H and O–H groups in total. The molecular formula is C10H17NO4S2. The lowest BCUT2D eigenvalue weighted by Gasteiger charge is -2.19. The van der Waals surface area contributed by atoms with Crippen molar-refractivity contribution in [2.75, 3.05) is 33.4 Å². The van der Waals surface area contributed by atoms with Gasteiger partial charge in [0.25, 0.3) is 10.0 Å². The lowest BCUT2D eigenvalue weighted by atomic mass is 10.5. The van der Waals surface area contributed by atoms with Crippen LogP contribution in [0.15, 0.2) is 16.3 Å². The first kappa shape index (κ1) is 14.6. The summed E-state index contributed by atoms with van der Waals surface area (Å²) in [5, 5.41) is 8.91. The fourth-order valence-electron chi connectivity index (χ4n) is 1.33. The highest BCUT2D eigenvalue weighted by molar-refractivity contribution is 7.91. The number of ether oxygens (including phenoxy) is 1. The molecule has 0 amide bonds. The number of aryl methyl sites for hydroxylation is 1. The van der Waals surface area contributed by atoms with Gasteiger partial charge in [0, 0.05) is 25.1 Å². The van der Waals surface area contributed by atoms with Crippen molar-refractivity contribution in [2.24, 2.45) is 0 Å². The van der Waals surface area contributed by atoms with Crippen LogP contribution in [0.4, 0.5) is 0 Å². The zero-order valence-electron chi connectivity index (χ0n) is 9.92. The van der Waals surface area contributed by atoms with Gasteiger partial charge in [-0.15, -0.1) is 11.3 Å². The molecular weight excluding hydrogens is 262 g/mol. The van der Waals surface area contributed by atoms with E-state index in [9.17, 15) is 8.42 Å². The molecule has 0 bridgehead atoms. The minimum absolute atomic E-state index is 0.0860. The molecule has 0 aliphatic rings. The average molecular weight is 279 g/mol. The summed E-state index contributed by atoms with van der Waals surface area (Å²) < 4.78 is 30.8. The van der Waals surface area contributed by atoms with Crippen LogP contribution in [0, 0.1) is 6.92 Å². The third-order valence-electron chi connectivity index (χ3n) is 2.20. The number of nitrogens with zero attached hydrogens (tertiary/aromatic N) is 1. The van der Waals surface area contributed by atoms with Gasteiger partial charge in [-0.2, -0.15) is 4.31 Å². The first-order valence-electron chi connectivity index (χ1n) is 5.18.